The number of nitrogens with zero attached hydrogens (tertiary/aromatic N) is 1. The molecule has 4 rings (SSSR count). The van der Waals surface area contributed by atoms with E-state index in [-0.39, 0.29) is 0 Å². The summed E-state index contributed by atoms with van der Waals surface area (Å²) in [6.07, 6.45) is 7.62. The zero-order chi connectivity index (χ0) is 16.4. The molecule has 1 fully saturated rings. The smallest absolute Gasteiger partial charge is 0.0412 e. The lowest BCUT2D eigenvalue weighted by molar-refractivity contribution is 0.233. The standard InChI is InChI=1S/C21H22ClNS/c22-16-10-11-21-19(15-16)17(18-7-2-3-9-20(18)24-21)8-6-14-23-12-4-1-5-13-23/h2-3,7-11,15H,1,4-6,12-14H2/b17-8-. The van der Waals surface area contributed by atoms with Crippen LogP contribution in [0.2, 0.25) is 5.02 Å². The van der Waals surface area contributed by atoms with Crippen molar-refractivity contribution in [3.63, 3.8) is 0 Å². The highest BCUT2D eigenvalue weighted by Gasteiger charge is 2.20. The number of likely N-dealkylation sites (tertiary alicyclic amines) is 1. The first-order valence-electron chi connectivity index (χ1n) is 8.81. The predicted molar refractivity (Wildman–Crippen MR) is 104 cm³/mol. The first-order valence-corrected chi connectivity index (χ1v) is 10.0. The van der Waals surface area contributed by atoms with Crippen LogP contribution >= 0.6 is 23.4 Å². The first-order chi connectivity index (χ1) is 11.8. The van der Waals surface area contributed by atoms with Crippen molar-refractivity contribution in [1.82, 2.24) is 4.90 Å². The third kappa shape index (κ3) is 3.42. The quantitative estimate of drug-likeness (QED) is 0.557. The van der Waals surface area contributed by atoms with Crippen LogP contribution in [0.3, 0.4) is 0 Å². The molecule has 0 radical (unpaired) electrons. The van der Waals surface area contributed by atoms with Crippen molar-refractivity contribution >= 4 is 28.9 Å². The van der Waals surface area contributed by atoms with Gasteiger partial charge in [0.05, 0.1) is 0 Å². The van der Waals surface area contributed by atoms with Gasteiger partial charge in [0.2, 0.25) is 0 Å². The van der Waals surface area contributed by atoms with E-state index in [0.717, 1.165) is 18.0 Å². The van der Waals surface area contributed by atoms with Crippen molar-refractivity contribution < 1.29 is 0 Å². The van der Waals surface area contributed by atoms with Crippen LogP contribution in [0, 0.1) is 0 Å². The summed E-state index contributed by atoms with van der Waals surface area (Å²) in [6, 6.07) is 15.0. The lowest BCUT2D eigenvalue weighted by atomic mass is 9.96. The van der Waals surface area contributed by atoms with E-state index in [2.05, 4.69) is 47.4 Å². The molecule has 0 spiro atoms. The fourth-order valence-electron chi connectivity index (χ4n) is 3.64. The Morgan fingerprint density at radius 3 is 2.62 bits per heavy atom. The molecule has 1 nitrogen and oxygen atoms in total. The highest BCUT2D eigenvalue weighted by Crippen LogP contribution is 2.46. The summed E-state index contributed by atoms with van der Waals surface area (Å²) < 4.78 is 0. The van der Waals surface area contributed by atoms with Crippen molar-refractivity contribution in [2.75, 3.05) is 19.6 Å². The Labute approximate surface area is 153 Å². The molecule has 0 aliphatic carbocycles. The fourth-order valence-corrected chi connectivity index (χ4v) is 4.90. The summed E-state index contributed by atoms with van der Waals surface area (Å²) >= 11 is 8.13. The number of hydrogen-bond donors (Lipinski definition) is 0. The third-order valence-corrected chi connectivity index (χ3v) is 6.26. The van der Waals surface area contributed by atoms with Crippen LogP contribution in [0.5, 0.6) is 0 Å². The molecular weight excluding hydrogens is 334 g/mol. The maximum absolute atomic E-state index is 6.28. The Bertz CT molecular complexity index is 762. The van der Waals surface area contributed by atoms with Crippen LogP contribution < -0.4 is 0 Å². The lowest BCUT2D eigenvalue weighted by Gasteiger charge is -2.26. The monoisotopic (exact) mass is 355 g/mol. The molecule has 2 aromatic carbocycles. The second-order valence-corrected chi connectivity index (χ2v) is 8.07. The summed E-state index contributed by atoms with van der Waals surface area (Å²) in [5.41, 5.74) is 3.97. The molecule has 0 amide bonds. The third-order valence-electron chi connectivity index (χ3n) is 4.87. The van der Waals surface area contributed by atoms with E-state index in [1.165, 1.54) is 58.8 Å². The van der Waals surface area contributed by atoms with Gasteiger partial charge in [0, 0.05) is 21.4 Å². The van der Waals surface area contributed by atoms with Gasteiger partial charge in [0.25, 0.3) is 0 Å². The lowest BCUT2D eigenvalue weighted by Crippen LogP contribution is -2.30. The zero-order valence-electron chi connectivity index (χ0n) is 13.8. The van der Waals surface area contributed by atoms with Gasteiger partial charge in [-0.3, -0.25) is 0 Å². The van der Waals surface area contributed by atoms with Crippen LogP contribution in [-0.4, -0.2) is 24.5 Å². The molecule has 2 aliphatic heterocycles. The van der Waals surface area contributed by atoms with E-state index in [0.29, 0.717) is 0 Å². The van der Waals surface area contributed by atoms with E-state index in [1.54, 1.807) is 0 Å². The molecule has 0 N–H and O–H groups in total. The second-order valence-electron chi connectivity index (χ2n) is 6.55. The van der Waals surface area contributed by atoms with Crippen LogP contribution in [0.25, 0.3) is 5.57 Å². The van der Waals surface area contributed by atoms with Gasteiger partial charge in [-0.25, -0.2) is 0 Å². The average Bonchev–Trinajstić information content (AvgIpc) is 2.62. The minimum Gasteiger partial charge on any atom is -0.303 e. The summed E-state index contributed by atoms with van der Waals surface area (Å²) in [6.45, 7) is 3.69. The number of hydrogen-bond acceptors (Lipinski definition) is 2. The SMILES string of the molecule is Clc1ccc2c(c1)/C(=C\CCN1CCCCC1)c1ccccc1S2. The van der Waals surface area contributed by atoms with Crippen molar-refractivity contribution in [2.45, 2.75) is 35.5 Å². The van der Waals surface area contributed by atoms with E-state index in [1.807, 2.05) is 17.8 Å². The van der Waals surface area contributed by atoms with Gasteiger partial charge in [0.15, 0.2) is 0 Å². The van der Waals surface area contributed by atoms with Gasteiger partial charge >= 0.3 is 0 Å². The molecule has 0 unspecified atom stereocenters. The molecule has 1 saturated heterocycles. The van der Waals surface area contributed by atoms with E-state index in [4.69, 9.17) is 11.6 Å². The molecule has 2 aromatic rings. The predicted octanol–water partition coefficient (Wildman–Crippen LogP) is 6.11. The zero-order valence-corrected chi connectivity index (χ0v) is 15.4. The van der Waals surface area contributed by atoms with Gasteiger partial charge in [0.1, 0.15) is 0 Å². The number of halogens is 1. The molecule has 3 heteroatoms. The van der Waals surface area contributed by atoms with Crippen molar-refractivity contribution in [2.24, 2.45) is 0 Å². The van der Waals surface area contributed by atoms with E-state index in [9.17, 15) is 0 Å². The second kappa shape index (κ2) is 7.35. The largest absolute Gasteiger partial charge is 0.303 e. The number of benzene rings is 2. The Balaban J connectivity index is 1.63. The highest BCUT2D eigenvalue weighted by molar-refractivity contribution is 7.99. The summed E-state index contributed by atoms with van der Waals surface area (Å²) in [5.74, 6) is 0. The number of piperidine rings is 1. The van der Waals surface area contributed by atoms with E-state index < -0.39 is 0 Å². The molecule has 124 valence electrons. The minimum absolute atomic E-state index is 0.815. The number of rotatable bonds is 3. The molecule has 0 atom stereocenters. The van der Waals surface area contributed by atoms with Crippen molar-refractivity contribution in [3.05, 3.63) is 64.7 Å². The Kier molecular flexibility index (Phi) is 4.98. The highest BCUT2D eigenvalue weighted by atomic mass is 35.5. The summed E-state index contributed by atoms with van der Waals surface area (Å²) in [5, 5.41) is 0.815. The Hall–Kier alpha value is -1.22. The van der Waals surface area contributed by atoms with Crippen molar-refractivity contribution in [1.29, 1.82) is 0 Å². The van der Waals surface area contributed by atoms with Crippen LogP contribution in [0.1, 0.15) is 36.8 Å². The van der Waals surface area contributed by atoms with Crippen LogP contribution in [0.4, 0.5) is 0 Å². The van der Waals surface area contributed by atoms with Gasteiger partial charge in [-0.15, -0.1) is 0 Å². The van der Waals surface area contributed by atoms with Crippen LogP contribution in [-0.2, 0) is 0 Å². The normalized spacial score (nSPS) is 19.1. The molecule has 0 saturated carbocycles. The fraction of sp³-hybridized carbons (Fsp3) is 0.333. The molecule has 2 heterocycles. The molecule has 2 aliphatic rings. The topological polar surface area (TPSA) is 3.24 Å². The molecule has 0 bridgehead atoms. The van der Waals surface area contributed by atoms with Gasteiger partial charge < -0.3 is 4.90 Å². The molecule has 24 heavy (non-hydrogen) atoms. The van der Waals surface area contributed by atoms with Gasteiger partial charge in [-0.2, -0.15) is 0 Å². The first kappa shape index (κ1) is 16.3. The molecule has 0 aromatic heterocycles. The maximum atomic E-state index is 6.28. The number of fused-ring (bicyclic) bond motifs is 2. The maximum Gasteiger partial charge on any atom is 0.0412 e. The van der Waals surface area contributed by atoms with Crippen LogP contribution in [0.15, 0.2) is 58.3 Å². The summed E-state index contributed by atoms with van der Waals surface area (Å²) in [4.78, 5) is 5.25. The van der Waals surface area contributed by atoms with Gasteiger partial charge in [-0.1, -0.05) is 54.1 Å². The molecular formula is C21H22ClNS. The average molecular weight is 356 g/mol. The van der Waals surface area contributed by atoms with Crippen molar-refractivity contribution in [3.8, 4) is 0 Å². The summed E-state index contributed by atoms with van der Waals surface area (Å²) in [7, 11) is 0. The Morgan fingerprint density at radius 2 is 1.75 bits per heavy atom. The van der Waals surface area contributed by atoms with E-state index >= 15 is 0 Å². The Morgan fingerprint density at radius 1 is 0.958 bits per heavy atom. The van der Waals surface area contributed by atoms with Gasteiger partial charge in [-0.05, 0) is 73.3 Å². The minimum atomic E-state index is 0.815.